The van der Waals surface area contributed by atoms with E-state index in [4.69, 9.17) is 5.73 Å². The summed E-state index contributed by atoms with van der Waals surface area (Å²) in [5.41, 5.74) is 5.59. The number of carbonyl (C=O) groups excluding carboxylic acids is 1. The number of hydrogen-bond donors (Lipinski definition) is 1. The topological polar surface area (TPSA) is 46.3 Å². The molecular formula is C13H24N2O. The average Bonchev–Trinajstić information content (AvgIpc) is 2.25. The summed E-state index contributed by atoms with van der Waals surface area (Å²) in [5, 5.41) is 0. The highest BCUT2D eigenvalue weighted by Gasteiger charge is 2.43. The molecule has 0 radical (unpaired) electrons. The summed E-state index contributed by atoms with van der Waals surface area (Å²) in [6, 6.07) is 0. The molecule has 1 aliphatic heterocycles. The Morgan fingerprint density at radius 1 is 1.31 bits per heavy atom. The Morgan fingerprint density at radius 2 is 1.88 bits per heavy atom. The van der Waals surface area contributed by atoms with E-state index in [0.29, 0.717) is 0 Å². The standard InChI is InChI=1S/C13H24N2O/c1-10(2)11-4-8-15(9-5-11)12(16)13(14)6-3-7-13/h10-11H,3-9,14H2,1-2H3. The normalized spacial score (nSPS) is 25.6. The second-order valence-electron chi connectivity index (χ2n) is 5.88. The van der Waals surface area contributed by atoms with Crippen LogP contribution in [0.3, 0.4) is 0 Å². The van der Waals surface area contributed by atoms with Crippen molar-refractivity contribution in [3.8, 4) is 0 Å². The molecule has 1 saturated carbocycles. The maximum absolute atomic E-state index is 12.2. The van der Waals surface area contributed by atoms with Crippen LogP contribution in [0.1, 0.15) is 46.0 Å². The highest BCUT2D eigenvalue weighted by molar-refractivity contribution is 5.87. The number of piperidine rings is 1. The second kappa shape index (κ2) is 4.36. The van der Waals surface area contributed by atoms with Crippen molar-refractivity contribution in [2.24, 2.45) is 17.6 Å². The molecule has 2 rings (SSSR count). The summed E-state index contributed by atoms with van der Waals surface area (Å²) in [4.78, 5) is 14.2. The van der Waals surface area contributed by atoms with E-state index in [1.165, 1.54) is 0 Å². The van der Waals surface area contributed by atoms with Gasteiger partial charge in [-0.25, -0.2) is 0 Å². The third kappa shape index (κ3) is 2.10. The summed E-state index contributed by atoms with van der Waals surface area (Å²) < 4.78 is 0. The van der Waals surface area contributed by atoms with Crippen molar-refractivity contribution in [2.45, 2.75) is 51.5 Å². The van der Waals surface area contributed by atoms with E-state index in [9.17, 15) is 4.79 Å². The average molecular weight is 224 g/mol. The SMILES string of the molecule is CC(C)C1CCN(C(=O)C2(N)CCC2)CC1. The Hall–Kier alpha value is -0.570. The number of amides is 1. The molecule has 1 heterocycles. The van der Waals surface area contributed by atoms with Crippen LogP contribution in [0.15, 0.2) is 0 Å². The van der Waals surface area contributed by atoms with Crippen molar-refractivity contribution in [3.05, 3.63) is 0 Å². The summed E-state index contributed by atoms with van der Waals surface area (Å²) in [6.45, 7) is 6.39. The third-order valence-electron chi connectivity index (χ3n) is 4.44. The lowest BCUT2D eigenvalue weighted by molar-refractivity contribution is -0.141. The third-order valence-corrected chi connectivity index (χ3v) is 4.44. The van der Waals surface area contributed by atoms with E-state index < -0.39 is 5.54 Å². The molecule has 3 nitrogen and oxygen atoms in total. The maximum Gasteiger partial charge on any atom is 0.242 e. The lowest BCUT2D eigenvalue weighted by atomic mass is 9.76. The highest BCUT2D eigenvalue weighted by atomic mass is 16.2. The molecule has 1 amide bonds. The van der Waals surface area contributed by atoms with Crippen molar-refractivity contribution in [1.29, 1.82) is 0 Å². The first-order valence-corrected chi connectivity index (χ1v) is 6.61. The van der Waals surface area contributed by atoms with Gasteiger partial charge in [-0.3, -0.25) is 4.79 Å². The Balaban J connectivity index is 1.87. The molecular weight excluding hydrogens is 200 g/mol. The smallest absolute Gasteiger partial charge is 0.242 e. The van der Waals surface area contributed by atoms with Crippen LogP contribution in [-0.2, 0) is 4.79 Å². The molecule has 92 valence electrons. The molecule has 0 bridgehead atoms. The molecule has 0 aromatic heterocycles. The molecule has 0 unspecified atom stereocenters. The van der Waals surface area contributed by atoms with Crippen LogP contribution in [0, 0.1) is 11.8 Å². The summed E-state index contributed by atoms with van der Waals surface area (Å²) >= 11 is 0. The molecule has 0 atom stereocenters. The zero-order chi connectivity index (χ0) is 11.8. The van der Waals surface area contributed by atoms with Crippen molar-refractivity contribution >= 4 is 5.91 Å². The van der Waals surface area contributed by atoms with E-state index in [0.717, 1.165) is 57.0 Å². The Morgan fingerprint density at radius 3 is 2.25 bits per heavy atom. The minimum absolute atomic E-state index is 0.209. The summed E-state index contributed by atoms with van der Waals surface area (Å²) in [5.74, 6) is 1.74. The Kier molecular flexibility index (Phi) is 3.24. The fourth-order valence-corrected chi connectivity index (χ4v) is 2.86. The van der Waals surface area contributed by atoms with Crippen LogP contribution >= 0.6 is 0 Å². The lowest BCUT2D eigenvalue weighted by Crippen LogP contribution is -2.60. The van der Waals surface area contributed by atoms with Crippen LogP contribution < -0.4 is 5.73 Å². The second-order valence-corrected chi connectivity index (χ2v) is 5.88. The van der Waals surface area contributed by atoms with E-state index in [2.05, 4.69) is 13.8 Å². The zero-order valence-electron chi connectivity index (χ0n) is 10.5. The predicted octanol–water partition coefficient (Wildman–Crippen LogP) is 1.76. The monoisotopic (exact) mass is 224 g/mol. The van der Waals surface area contributed by atoms with Gasteiger partial charge in [-0.2, -0.15) is 0 Å². The van der Waals surface area contributed by atoms with E-state index >= 15 is 0 Å². The number of rotatable bonds is 2. The van der Waals surface area contributed by atoms with Crippen molar-refractivity contribution in [2.75, 3.05) is 13.1 Å². The lowest BCUT2D eigenvalue weighted by Gasteiger charge is -2.43. The van der Waals surface area contributed by atoms with Crippen LogP contribution in [0.5, 0.6) is 0 Å². The minimum Gasteiger partial charge on any atom is -0.341 e. The van der Waals surface area contributed by atoms with Gasteiger partial charge < -0.3 is 10.6 Å². The molecule has 3 heteroatoms. The van der Waals surface area contributed by atoms with Crippen molar-refractivity contribution in [3.63, 3.8) is 0 Å². The number of carbonyl (C=O) groups is 1. The van der Waals surface area contributed by atoms with Crippen molar-refractivity contribution in [1.82, 2.24) is 4.90 Å². The molecule has 2 N–H and O–H groups in total. The number of nitrogens with zero attached hydrogens (tertiary/aromatic N) is 1. The quantitative estimate of drug-likeness (QED) is 0.777. The number of nitrogens with two attached hydrogens (primary N) is 1. The maximum atomic E-state index is 12.2. The van der Waals surface area contributed by atoms with Crippen LogP contribution in [0.4, 0.5) is 0 Å². The van der Waals surface area contributed by atoms with Gasteiger partial charge in [0.15, 0.2) is 0 Å². The van der Waals surface area contributed by atoms with Crippen LogP contribution in [0.25, 0.3) is 0 Å². The van der Waals surface area contributed by atoms with E-state index in [-0.39, 0.29) is 5.91 Å². The van der Waals surface area contributed by atoms with Gasteiger partial charge in [0.25, 0.3) is 0 Å². The van der Waals surface area contributed by atoms with Crippen LogP contribution in [0.2, 0.25) is 0 Å². The van der Waals surface area contributed by atoms with E-state index in [1.54, 1.807) is 0 Å². The molecule has 2 fully saturated rings. The van der Waals surface area contributed by atoms with Gasteiger partial charge in [0, 0.05) is 13.1 Å². The molecule has 1 aliphatic carbocycles. The molecule has 0 aromatic rings. The van der Waals surface area contributed by atoms with Gasteiger partial charge >= 0.3 is 0 Å². The molecule has 2 aliphatic rings. The van der Waals surface area contributed by atoms with Gasteiger partial charge in [-0.05, 0) is 43.9 Å². The first-order chi connectivity index (χ1) is 7.53. The Bertz CT molecular complexity index is 263. The van der Waals surface area contributed by atoms with Crippen LogP contribution in [-0.4, -0.2) is 29.4 Å². The summed E-state index contributed by atoms with van der Waals surface area (Å²) in [7, 11) is 0. The predicted molar refractivity (Wildman–Crippen MR) is 64.9 cm³/mol. The first-order valence-electron chi connectivity index (χ1n) is 6.61. The van der Waals surface area contributed by atoms with Gasteiger partial charge in [-0.1, -0.05) is 13.8 Å². The van der Waals surface area contributed by atoms with E-state index in [1.807, 2.05) is 4.90 Å². The molecule has 16 heavy (non-hydrogen) atoms. The fraction of sp³-hybridized carbons (Fsp3) is 0.923. The minimum atomic E-state index is -0.495. The zero-order valence-corrected chi connectivity index (χ0v) is 10.5. The largest absolute Gasteiger partial charge is 0.341 e. The molecule has 0 aromatic carbocycles. The number of hydrogen-bond acceptors (Lipinski definition) is 2. The van der Waals surface area contributed by atoms with Gasteiger partial charge in [0.2, 0.25) is 5.91 Å². The van der Waals surface area contributed by atoms with Gasteiger partial charge in [-0.15, -0.1) is 0 Å². The highest BCUT2D eigenvalue weighted by Crippen LogP contribution is 2.33. The fourth-order valence-electron chi connectivity index (χ4n) is 2.86. The van der Waals surface area contributed by atoms with Crippen molar-refractivity contribution < 1.29 is 4.79 Å². The molecule has 1 saturated heterocycles. The van der Waals surface area contributed by atoms with Gasteiger partial charge in [0.05, 0.1) is 5.54 Å². The van der Waals surface area contributed by atoms with Gasteiger partial charge in [0.1, 0.15) is 0 Å². The molecule has 0 spiro atoms. The Labute approximate surface area is 98.4 Å². The first kappa shape index (κ1) is 11.9. The summed E-state index contributed by atoms with van der Waals surface area (Å²) in [6.07, 6.45) is 5.19. The number of likely N-dealkylation sites (tertiary alicyclic amines) is 1.